The van der Waals surface area contributed by atoms with Gasteiger partial charge < -0.3 is 18.9 Å². The van der Waals surface area contributed by atoms with E-state index in [1.807, 2.05) is 0 Å². The van der Waals surface area contributed by atoms with Gasteiger partial charge in [-0.3, -0.25) is 14.5 Å². The van der Waals surface area contributed by atoms with Gasteiger partial charge in [0.25, 0.3) is 11.7 Å². The monoisotopic (exact) mass is 337 g/mol. The normalized spacial score (nSPS) is 14.3. The number of hydrogen-bond acceptors (Lipinski definition) is 7. The number of benzene rings is 1. The van der Waals surface area contributed by atoms with Crippen molar-refractivity contribution in [3.63, 3.8) is 0 Å². The number of Topliss-reactive ketones (excluding diaryl/α,β-unsaturated/α-hetero) is 1. The lowest BCUT2D eigenvalue weighted by Crippen LogP contribution is -2.44. The molecule has 0 bridgehead atoms. The third-order valence-corrected chi connectivity index (χ3v) is 3.88. The molecule has 1 aromatic rings. The lowest BCUT2D eigenvalue weighted by molar-refractivity contribution is -0.143. The SMILES string of the molecule is CCC(C(=O)OC)N1C(=O)C(=O)c2c1cc(OC)c(OC)c2OC. The number of anilines is 1. The molecule has 1 heterocycles. The van der Waals surface area contributed by atoms with Crippen LogP contribution in [-0.2, 0) is 14.3 Å². The fourth-order valence-corrected chi connectivity index (χ4v) is 2.78. The first-order valence-electron chi connectivity index (χ1n) is 7.25. The Labute approximate surface area is 139 Å². The van der Waals surface area contributed by atoms with E-state index in [0.717, 1.165) is 4.90 Å². The van der Waals surface area contributed by atoms with Crippen LogP contribution in [0.3, 0.4) is 0 Å². The highest BCUT2D eigenvalue weighted by molar-refractivity contribution is 6.53. The van der Waals surface area contributed by atoms with Gasteiger partial charge in [-0.2, -0.15) is 0 Å². The average molecular weight is 337 g/mol. The van der Waals surface area contributed by atoms with E-state index in [2.05, 4.69) is 0 Å². The number of fused-ring (bicyclic) bond motifs is 1. The summed E-state index contributed by atoms with van der Waals surface area (Å²) in [5, 5.41) is 0. The Balaban J connectivity index is 2.74. The summed E-state index contributed by atoms with van der Waals surface area (Å²) in [6.07, 6.45) is 0.280. The van der Waals surface area contributed by atoms with Crippen LogP contribution >= 0.6 is 0 Å². The van der Waals surface area contributed by atoms with Gasteiger partial charge in [0.05, 0.1) is 39.7 Å². The summed E-state index contributed by atoms with van der Waals surface area (Å²) in [6, 6.07) is 0.556. The summed E-state index contributed by atoms with van der Waals surface area (Å²) < 4.78 is 20.5. The van der Waals surface area contributed by atoms with Gasteiger partial charge in [-0.25, -0.2) is 4.79 Å². The Hall–Kier alpha value is -2.77. The molecule has 8 heteroatoms. The van der Waals surface area contributed by atoms with E-state index in [1.54, 1.807) is 6.92 Å². The number of amides is 1. The van der Waals surface area contributed by atoms with E-state index >= 15 is 0 Å². The maximum atomic E-state index is 12.5. The molecule has 0 aromatic heterocycles. The standard InChI is InChI=1S/C16H19NO7/c1-6-8(16(20)24-5)17-9-7-10(21-2)13(22-3)14(23-4)11(9)12(18)15(17)19/h7-8H,6H2,1-5H3. The van der Waals surface area contributed by atoms with Crippen molar-refractivity contribution < 1.29 is 33.3 Å². The molecule has 1 aromatic carbocycles. The predicted octanol–water partition coefficient (Wildman–Crippen LogP) is 1.19. The molecule has 1 atom stereocenters. The molecule has 0 spiro atoms. The minimum atomic E-state index is -0.921. The Morgan fingerprint density at radius 1 is 1.08 bits per heavy atom. The Morgan fingerprint density at radius 3 is 2.17 bits per heavy atom. The Kier molecular flexibility index (Phi) is 4.96. The summed E-state index contributed by atoms with van der Waals surface area (Å²) in [5.41, 5.74) is 0.277. The highest BCUT2D eigenvalue weighted by atomic mass is 16.5. The maximum Gasteiger partial charge on any atom is 0.328 e. The van der Waals surface area contributed by atoms with Gasteiger partial charge in [-0.05, 0) is 6.42 Å². The van der Waals surface area contributed by atoms with E-state index in [1.165, 1.54) is 34.5 Å². The third kappa shape index (κ3) is 2.44. The molecule has 1 unspecified atom stereocenters. The van der Waals surface area contributed by atoms with Crippen LogP contribution in [0.4, 0.5) is 5.69 Å². The number of ether oxygens (including phenoxy) is 4. The van der Waals surface area contributed by atoms with Gasteiger partial charge in [-0.1, -0.05) is 6.92 Å². The second-order valence-corrected chi connectivity index (χ2v) is 4.99. The minimum Gasteiger partial charge on any atom is -0.493 e. The van der Waals surface area contributed by atoms with Crippen molar-refractivity contribution in [2.75, 3.05) is 33.3 Å². The van der Waals surface area contributed by atoms with Crippen molar-refractivity contribution >= 4 is 23.3 Å². The zero-order valence-corrected chi connectivity index (χ0v) is 14.2. The molecule has 24 heavy (non-hydrogen) atoms. The van der Waals surface area contributed by atoms with Crippen LogP contribution in [0.15, 0.2) is 6.07 Å². The van der Waals surface area contributed by atoms with Crippen molar-refractivity contribution in [2.45, 2.75) is 19.4 Å². The van der Waals surface area contributed by atoms with Gasteiger partial charge in [0.2, 0.25) is 5.75 Å². The van der Waals surface area contributed by atoms with E-state index < -0.39 is 23.7 Å². The van der Waals surface area contributed by atoms with Crippen molar-refractivity contribution in [2.24, 2.45) is 0 Å². The average Bonchev–Trinajstić information content (AvgIpc) is 2.85. The number of hydrogen-bond donors (Lipinski definition) is 0. The summed E-state index contributed by atoms with van der Waals surface area (Å²) in [6.45, 7) is 1.72. The van der Waals surface area contributed by atoms with Gasteiger partial charge >= 0.3 is 5.97 Å². The molecule has 1 aliphatic rings. The van der Waals surface area contributed by atoms with Crippen LogP contribution < -0.4 is 19.1 Å². The van der Waals surface area contributed by atoms with Gasteiger partial charge in [0.15, 0.2) is 11.5 Å². The third-order valence-electron chi connectivity index (χ3n) is 3.88. The molecule has 2 rings (SSSR count). The van der Waals surface area contributed by atoms with Crippen LogP contribution in [0.5, 0.6) is 17.2 Å². The number of ketones is 1. The first-order valence-corrected chi connectivity index (χ1v) is 7.25. The minimum absolute atomic E-state index is 0.0440. The molecule has 0 aliphatic carbocycles. The summed E-state index contributed by atoms with van der Waals surface area (Å²) in [5.74, 6) is -1.64. The van der Waals surface area contributed by atoms with Crippen LogP contribution in [0.2, 0.25) is 0 Å². The van der Waals surface area contributed by atoms with Crippen molar-refractivity contribution in [1.82, 2.24) is 0 Å². The van der Waals surface area contributed by atoms with Crippen LogP contribution in [-0.4, -0.2) is 52.1 Å². The van der Waals surface area contributed by atoms with Crippen LogP contribution in [0, 0.1) is 0 Å². The Bertz CT molecular complexity index is 698. The van der Waals surface area contributed by atoms with Gasteiger partial charge in [0.1, 0.15) is 6.04 Å². The maximum absolute atomic E-state index is 12.5. The number of nitrogens with zero attached hydrogens (tertiary/aromatic N) is 1. The zero-order valence-electron chi connectivity index (χ0n) is 14.2. The van der Waals surface area contributed by atoms with E-state index in [-0.39, 0.29) is 34.9 Å². The molecule has 0 fully saturated rings. The largest absolute Gasteiger partial charge is 0.493 e. The molecule has 0 N–H and O–H groups in total. The topological polar surface area (TPSA) is 91.4 Å². The first-order chi connectivity index (χ1) is 11.5. The predicted molar refractivity (Wildman–Crippen MR) is 84.0 cm³/mol. The highest BCUT2D eigenvalue weighted by Gasteiger charge is 2.45. The first kappa shape index (κ1) is 17.6. The van der Waals surface area contributed by atoms with Gasteiger partial charge in [0, 0.05) is 6.07 Å². The molecule has 0 radical (unpaired) electrons. The molecular weight excluding hydrogens is 318 g/mol. The second kappa shape index (κ2) is 6.77. The molecule has 1 amide bonds. The lowest BCUT2D eigenvalue weighted by atomic mass is 10.1. The molecular formula is C16H19NO7. The van der Waals surface area contributed by atoms with Crippen LogP contribution in [0.1, 0.15) is 23.7 Å². The van der Waals surface area contributed by atoms with E-state index in [9.17, 15) is 14.4 Å². The fourth-order valence-electron chi connectivity index (χ4n) is 2.78. The zero-order chi connectivity index (χ0) is 18.0. The van der Waals surface area contributed by atoms with Crippen molar-refractivity contribution in [3.05, 3.63) is 11.6 Å². The van der Waals surface area contributed by atoms with E-state index in [4.69, 9.17) is 18.9 Å². The molecule has 1 aliphatic heterocycles. The van der Waals surface area contributed by atoms with Gasteiger partial charge in [-0.15, -0.1) is 0 Å². The highest BCUT2D eigenvalue weighted by Crippen LogP contribution is 2.48. The second-order valence-electron chi connectivity index (χ2n) is 4.99. The van der Waals surface area contributed by atoms with Crippen molar-refractivity contribution in [1.29, 1.82) is 0 Å². The summed E-state index contributed by atoms with van der Waals surface area (Å²) >= 11 is 0. The lowest BCUT2D eigenvalue weighted by Gasteiger charge is -2.25. The molecule has 0 saturated heterocycles. The number of rotatable bonds is 6. The van der Waals surface area contributed by atoms with Crippen molar-refractivity contribution in [3.8, 4) is 17.2 Å². The number of esters is 1. The quantitative estimate of drug-likeness (QED) is 0.569. The van der Waals surface area contributed by atoms with E-state index in [0.29, 0.717) is 0 Å². The van der Waals surface area contributed by atoms with Crippen LogP contribution in [0.25, 0.3) is 0 Å². The molecule has 8 nitrogen and oxygen atoms in total. The number of methoxy groups -OCH3 is 4. The number of carbonyl (C=O) groups excluding carboxylic acids is 3. The smallest absolute Gasteiger partial charge is 0.328 e. The summed E-state index contributed by atoms with van der Waals surface area (Å²) in [4.78, 5) is 38.1. The fraction of sp³-hybridized carbons (Fsp3) is 0.438. The number of carbonyl (C=O) groups is 3. The molecule has 130 valence electrons. The Morgan fingerprint density at radius 2 is 1.71 bits per heavy atom. The summed E-state index contributed by atoms with van der Waals surface area (Å²) in [7, 11) is 5.40. The molecule has 0 saturated carbocycles.